The van der Waals surface area contributed by atoms with Gasteiger partial charge in [0.05, 0.1) is 13.7 Å². The first kappa shape index (κ1) is 14.6. The monoisotopic (exact) mass is 263 g/mol. The first-order valence-electron chi connectivity index (χ1n) is 5.51. The first-order chi connectivity index (χ1) is 8.37. The van der Waals surface area contributed by atoms with Crippen LogP contribution < -0.4 is 4.74 Å². The predicted octanol–water partition coefficient (Wildman–Crippen LogP) is 2.79. The number of ether oxygens (including phenoxy) is 1. The molecule has 0 radical (unpaired) electrons. The molecular formula is C12H16F3NO2. The molecule has 0 aliphatic heterocycles. The Labute approximate surface area is 104 Å². The molecular weight excluding hydrogens is 247 g/mol. The van der Waals surface area contributed by atoms with Gasteiger partial charge in [-0.15, -0.1) is 0 Å². The number of methoxy groups -OCH3 is 1. The number of para-hydroxylation sites is 1. The molecule has 102 valence electrons. The fourth-order valence-electron chi connectivity index (χ4n) is 1.63. The molecule has 0 saturated heterocycles. The van der Waals surface area contributed by atoms with Crippen LogP contribution in [0.25, 0.3) is 0 Å². The van der Waals surface area contributed by atoms with Gasteiger partial charge in [0.15, 0.2) is 11.5 Å². The SMILES string of the molecule is CCN(Cc1cccc(OC)c1O)CC(F)(F)F. The minimum absolute atomic E-state index is 0.0268. The summed E-state index contributed by atoms with van der Waals surface area (Å²) in [5, 5.41) is 9.80. The highest BCUT2D eigenvalue weighted by molar-refractivity contribution is 5.45. The third-order valence-electron chi connectivity index (χ3n) is 2.55. The van der Waals surface area contributed by atoms with E-state index >= 15 is 0 Å². The molecule has 1 aromatic rings. The summed E-state index contributed by atoms with van der Waals surface area (Å²) < 4.78 is 41.8. The Morgan fingerprint density at radius 2 is 2.00 bits per heavy atom. The topological polar surface area (TPSA) is 32.7 Å². The highest BCUT2D eigenvalue weighted by Gasteiger charge is 2.30. The van der Waals surface area contributed by atoms with Crippen molar-refractivity contribution < 1.29 is 23.0 Å². The number of phenols is 1. The summed E-state index contributed by atoms with van der Waals surface area (Å²) in [5.41, 5.74) is 0.417. The van der Waals surface area contributed by atoms with Gasteiger partial charge < -0.3 is 9.84 Å². The molecule has 0 atom stereocenters. The fourth-order valence-corrected chi connectivity index (χ4v) is 1.63. The quantitative estimate of drug-likeness (QED) is 0.886. The van der Waals surface area contributed by atoms with E-state index in [1.807, 2.05) is 0 Å². The zero-order valence-electron chi connectivity index (χ0n) is 10.3. The van der Waals surface area contributed by atoms with Crippen molar-refractivity contribution in [3.05, 3.63) is 23.8 Å². The average molecular weight is 263 g/mol. The molecule has 0 aromatic heterocycles. The second-order valence-corrected chi connectivity index (χ2v) is 3.89. The molecule has 0 amide bonds. The molecule has 18 heavy (non-hydrogen) atoms. The van der Waals surface area contributed by atoms with Crippen molar-refractivity contribution >= 4 is 0 Å². The third-order valence-corrected chi connectivity index (χ3v) is 2.55. The molecule has 1 rings (SSSR count). The van der Waals surface area contributed by atoms with E-state index in [4.69, 9.17) is 4.74 Å². The lowest BCUT2D eigenvalue weighted by atomic mass is 10.1. The second-order valence-electron chi connectivity index (χ2n) is 3.89. The van der Waals surface area contributed by atoms with E-state index in [0.29, 0.717) is 5.56 Å². The number of phenolic OH excluding ortho intramolecular Hbond substituents is 1. The van der Waals surface area contributed by atoms with Gasteiger partial charge in [0.25, 0.3) is 0 Å². The van der Waals surface area contributed by atoms with Gasteiger partial charge in [-0.25, -0.2) is 0 Å². The van der Waals surface area contributed by atoms with Crippen LogP contribution in [0, 0.1) is 0 Å². The van der Waals surface area contributed by atoms with Crippen molar-refractivity contribution in [1.29, 1.82) is 0 Å². The molecule has 3 nitrogen and oxygen atoms in total. The van der Waals surface area contributed by atoms with Crippen LogP contribution in [0.3, 0.4) is 0 Å². The summed E-state index contributed by atoms with van der Waals surface area (Å²) in [6, 6.07) is 4.77. The second kappa shape index (κ2) is 5.95. The molecule has 1 aromatic carbocycles. The van der Waals surface area contributed by atoms with E-state index in [9.17, 15) is 18.3 Å². The van der Waals surface area contributed by atoms with Gasteiger partial charge in [-0.1, -0.05) is 19.1 Å². The van der Waals surface area contributed by atoms with Crippen LogP contribution in [0.1, 0.15) is 12.5 Å². The number of benzene rings is 1. The summed E-state index contributed by atoms with van der Waals surface area (Å²) in [5.74, 6) is 0.149. The Hall–Kier alpha value is -1.43. The molecule has 0 saturated carbocycles. The van der Waals surface area contributed by atoms with Gasteiger partial charge in [0, 0.05) is 12.1 Å². The maximum atomic E-state index is 12.3. The zero-order valence-corrected chi connectivity index (χ0v) is 10.3. The molecule has 6 heteroatoms. The maximum absolute atomic E-state index is 12.3. The minimum Gasteiger partial charge on any atom is -0.504 e. The van der Waals surface area contributed by atoms with Gasteiger partial charge in [-0.3, -0.25) is 4.90 Å². The number of nitrogens with zero attached hydrogens (tertiary/aromatic N) is 1. The van der Waals surface area contributed by atoms with E-state index in [-0.39, 0.29) is 24.6 Å². The number of hydrogen-bond donors (Lipinski definition) is 1. The van der Waals surface area contributed by atoms with Crippen molar-refractivity contribution in [2.24, 2.45) is 0 Å². The summed E-state index contributed by atoms with van der Waals surface area (Å²) in [4.78, 5) is 1.20. The van der Waals surface area contributed by atoms with Crippen molar-refractivity contribution in [1.82, 2.24) is 4.90 Å². The standard InChI is InChI=1S/C12H16F3NO2/c1-3-16(8-12(13,14)15)7-9-5-4-6-10(18-2)11(9)17/h4-6,17H,3,7-8H2,1-2H3. The van der Waals surface area contributed by atoms with E-state index in [1.54, 1.807) is 25.1 Å². The molecule has 1 N–H and O–H groups in total. The van der Waals surface area contributed by atoms with Gasteiger partial charge in [0.2, 0.25) is 0 Å². The van der Waals surface area contributed by atoms with Gasteiger partial charge in [0.1, 0.15) is 0 Å². The van der Waals surface area contributed by atoms with Crippen LogP contribution in [-0.4, -0.2) is 36.4 Å². The normalized spacial score (nSPS) is 11.9. The first-order valence-corrected chi connectivity index (χ1v) is 5.51. The maximum Gasteiger partial charge on any atom is 0.401 e. The van der Waals surface area contributed by atoms with Gasteiger partial charge in [-0.2, -0.15) is 13.2 Å². The highest BCUT2D eigenvalue weighted by atomic mass is 19.4. The number of alkyl halides is 3. The van der Waals surface area contributed by atoms with Crippen molar-refractivity contribution in [3.8, 4) is 11.5 Å². The van der Waals surface area contributed by atoms with E-state index in [1.165, 1.54) is 12.0 Å². The zero-order chi connectivity index (χ0) is 13.8. The lowest BCUT2D eigenvalue weighted by molar-refractivity contribution is -0.146. The molecule has 0 bridgehead atoms. The largest absolute Gasteiger partial charge is 0.504 e. The van der Waals surface area contributed by atoms with Crippen LogP contribution in [-0.2, 0) is 6.54 Å². The Balaban J connectivity index is 2.82. The van der Waals surface area contributed by atoms with E-state index < -0.39 is 12.7 Å². The Bertz CT molecular complexity index is 393. The molecule has 0 aliphatic rings. The number of hydrogen-bond acceptors (Lipinski definition) is 3. The Kier molecular flexibility index (Phi) is 4.84. The number of rotatable bonds is 5. The smallest absolute Gasteiger partial charge is 0.401 e. The average Bonchev–Trinajstić information content (AvgIpc) is 2.29. The summed E-state index contributed by atoms with van der Waals surface area (Å²) in [6.45, 7) is 0.915. The van der Waals surface area contributed by atoms with Crippen LogP contribution in [0.2, 0.25) is 0 Å². The van der Waals surface area contributed by atoms with Crippen molar-refractivity contribution in [2.45, 2.75) is 19.6 Å². The van der Waals surface area contributed by atoms with Crippen LogP contribution >= 0.6 is 0 Å². The molecule has 0 unspecified atom stereocenters. The molecule has 0 spiro atoms. The molecule has 0 heterocycles. The van der Waals surface area contributed by atoms with Crippen LogP contribution in [0.15, 0.2) is 18.2 Å². The van der Waals surface area contributed by atoms with Gasteiger partial charge in [-0.05, 0) is 12.6 Å². The molecule has 0 aliphatic carbocycles. The van der Waals surface area contributed by atoms with Crippen molar-refractivity contribution in [3.63, 3.8) is 0 Å². The van der Waals surface area contributed by atoms with Crippen LogP contribution in [0.5, 0.6) is 11.5 Å². The summed E-state index contributed by atoms with van der Waals surface area (Å²) >= 11 is 0. The van der Waals surface area contributed by atoms with Gasteiger partial charge >= 0.3 is 6.18 Å². The number of halogens is 3. The number of aromatic hydroxyl groups is 1. The molecule has 0 fully saturated rings. The third kappa shape index (κ3) is 4.10. The van der Waals surface area contributed by atoms with Crippen LogP contribution in [0.4, 0.5) is 13.2 Å². The highest BCUT2D eigenvalue weighted by Crippen LogP contribution is 2.30. The Morgan fingerprint density at radius 1 is 1.33 bits per heavy atom. The summed E-state index contributed by atoms with van der Waals surface area (Å²) in [6.07, 6.45) is -4.25. The fraction of sp³-hybridized carbons (Fsp3) is 0.500. The lowest BCUT2D eigenvalue weighted by Crippen LogP contribution is -2.33. The summed E-state index contributed by atoms with van der Waals surface area (Å²) in [7, 11) is 1.39. The van der Waals surface area contributed by atoms with E-state index in [0.717, 1.165) is 0 Å². The lowest BCUT2D eigenvalue weighted by Gasteiger charge is -2.22. The van der Waals surface area contributed by atoms with E-state index in [2.05, 4.69) is 0 Å². The minimum atomic E-state index is -4.25. The predicted molar refractivity (Wildman–Crippen MR) is 61.7 cm³/mol. The van der Waals surface area contributed by atoms with Crippen molar-refractivity contribution in [2.75, 3.05) is 20.2 Å². The Morgan fingerprint density at radius 3 is 2.50 bits per heavy atom.